The zero-order valence-corrected chi connectivity index (χ0v) is 10.2. The van der Waals surface area contributed by atoms with Gasteiger partial charge in [-0.25, -0.2) is 14.3 Å². The van der Waals surface area contributed by atoms with Crippen LogP contribution in [0.25, 0.3) is 16.8 Å². The Hall–Kier alpha value is -2.69. The number of carbonyl (C=O) groups is 1. The highest BCUT2D eigenvalue weighted by molar-refractivity contribution is 5.93. The first-order valence-corrected chi connectivity index (χ1v) is 5.80. The van der Waals surface area contributed by atoms with Crippen molar-refractivity contribution in [2.24, 2.45) is 0 Å². The number of aromatic carboxylic acids is 1. The van der Waals surface area contributed by atoms with Crippen molar-refractivity contribution in [3.63, 3.8) is 0 Å². The molecule has 0 aliphatic rings. The molecule has 2 aromatic heterocycles. The van der Waals surface area contributed by atoms with Gasteiger partial charge in [0.25, 0.3) is 0 Å². The lowest BCUT2D eigenvalue weighted by molar-refractivity contribution is 0.0693. The molecule has 5 heteroatoms. The first kappa shape index (κ1) is 11.4. The fraction of sp³-hybridized carbons (Fsp3) is 0.0714. The molecule has 0 saturated carbocycles. The largest absolute Gasteiger partial charge is 0.476 e. The van der Waals surface area contributed by atoms with Crippen molar-refractivity contribution in [2.45, 2.75) is 6.92 Å². The van der Waals surface area contributed by atoms with Gasteiger partial charge in [-0.1, -0.05) is 24.3 Å². The number of rotatable bonds is 2. The third-order valence-electron chi connectivity index (χ3n) is 3.02. The molecule has 0 aliphatic carbocycles. The molecule has 2 heterocycles. The molecule has 1 N–H and O–H groups in total. The summed E-state index contributed by atoms with van der Waals surface area (Å²) in [5.41, 5.74) is 3.44. The lowest BCUT2D eigenvalue weighted by Gasteiger charge is -2.05. The maximum atomic E-state index is 11.0. The smallest absolute Gasteiger partial charge is 0.356 e. The van der Waals surface area contributed by atoms with E-state index in [-0.39, 0.29) is 5.69 Å². The predicted octanol–water partition coefficient (Wildman–Crippen LogP) is 2.40. The van der Waals surface area contributed by atoms with E-state index in [9.17, 15) is 4.79 Å². The summed E-state index contributed by atoms with van der Waals surface area (Å²) in [6, 6.07) is 11.5. The van der Waals surface area contributed by atoms with Crippen LogP contribution in [-0.2, 0) is 0 Å². The number of benzene rings is 1. The number of nitrogens with zero attached hydrogens (tertiary/aromatic N) is 3. The van der Waals surface area contributed by atoms with Gasteiger partial charge in [0.2, 0.25) is 0 Å². The quantitative estimate of drug-likeness (QED) is 0.761. The number of carboxylic acids is 1. The van der Waals surface area contributed by atoms with Crippen molar-refractivity contribution in [1.29, 1.82) is 0 Å². The molecule has 1 aromatic carbocycles. The number of fused-ring (bicyclic) bond motifs is 1. The molecule has 0 aliphatic heterocycles. The molecule has 0 unspecified atom stereocenters. The average Bonchev–Trinajstić information content (AvgIpc) is 2.82. The second-order valence-corrected chi connectivity index (χ2v) is 4.26. The van der Waals surface area contributed by atoms with Crippen LogP contribution in [0.5, 0.6) is 0 Å². The second kappa shape index (κ2) is 4.20. The normalized spacial score (nSPS) is 10.8. The third kappa shape index (κ3) is 1.85. The zero-order chi connectivity index (χ0) is 13.4. The van der Waals surface area contributed by atoms with Crippen LogP contribution < -0.4 is 0 Å². The number of hydrogen-bond donors (Lipinski definition) is 1. The number of hydrogen-bond acceptors (Lipinski definition) is 3. The van der Waals surface area contributed by atoms with Crippen LogP contribution in [0.3, 0.4) is 0 Å². The van der Waals surface area contributed by atoms with Crippen molar-refractivity contribution in [3.8, 4) is 11.3 Å². The van der Waals surface area contributed by atoms with Gasteiger partial charge < -0.3 is 5.11 Å². The molecular weight excluding hydrogens is 242 g/mol. The lowest BCUT2D eigenvalue weighted by atomic mass is 10.1. The standard InChI is InChI=1S/C14H11N3O2/c1-9-4-2-3-5-10(9)11-6-7-12-13(14(18)19)15-8-17(12)16-11/h2-8H,1H3,(H,18,19). The van der Waals surface area contributed by atoms with Crippen molar-refractivity contribution in [2.75, 3.05) is 0 Å². The Balaban J connectivity index is 2.18. The van der Waals surface area contributed by atoms with Gasteiger partial charge in [0.05, 0.1) is 11.2 Å². The molecule has 0 amide bonds. The van der Waals surface area contributed by atoms with Gasteiger partial charge in [-0.3, -0.25) is 0 Å². The molecule has 0 atom stereocenters. The van der Waals surface area contributed by atoms with Gasteiger partial charge in [-0.2, -0.15) is 5.10 Å². The minimum atomic E-state index is -1.05. The van der Waals surface area contributed by atoms with E-state index in [1.54, 1.807) is 6.07 Å². The van der Waals surface area contributed by atoms with E-state index in [1.807, 2.05) is 37.3 Å². The summed E-state index contributed by atoms with van der Waals surface area (Å²) in [5.74, 6) is -1.05. The van der Waals surface area contributed by atoms with Crippen LogP contribution in [0.2, 0.25) is 0 Å². The summed E-state index contributed by atoms with van der Waals surface area (Å²) < 4.78 is 1.49. The monoisotopic (exact) mass is 253 g/mol. The van der Waals surface area contributed by atoms with E-state index >= 15 is 0 Å². The molecule has 94 valence electrons. The Morgan fingerprint density at radius 3 is 2.74 bits per heavy atom. The van der Waals surface area contributed by atoms with Gasteiger partial charge in [0.1, 0.15) is 6.33 Å². The van der Waals surface area contributed by atoms with Crippen LogP contribution in [0.1, 0.15) is 16.1 Å². The lowest BCUT2D eigenvalue weighted by Crippen LogP contribution is -1.99. The second-order valence-electron chi connectivity index (χ2n) is 4.26. The van der Waals surface area contributed by atoms with Crippen LogP contribution in [0.4, 0.5) is 0 Å². The molecule has 5 nitrogen and oxygen atoms in total. The SMILES string of the molecule is Cc1ccccc1-c1ccc2c(C(=O)O)ncn2n1. The average molecular weight is 253 g/mol. The Bertz CT molecular complexity index is 777. The van der Waals surface area contributed by atoms with Crippen molar-refractivity contribution in [3.05, 3.63) is 54.0 Å². The summed E-state index contributed by atoms with van der Waals surface area (Å²) in [5, 5.41) is 13.4. The molecule has 3 aromatic rings. The third-order valence-corrected chi connectivity index (χ3v) is 3.02. The number of aromatic nitrogens is 3. The van der Waals surface area contributed by atoms with Gasteiger partial charge in [0.15, 0.2) is 5.69 Å². The Labute approximate surface area is 109 Å². The minimum Gasteiger partial charge on any atom is -0.476 e. The van der Waals surface area contributed by atoms with E-state index in [4.69, 9.17) is 5.11 Å². The van der Waals surface area contributed by atoms with Crippen LogP contribution in [-0.4, -0.2) is 25.7 Å². The Morgan fingerprint density at radius 2 is 2.00 bits per heavy atom. The van der Waals surface area contributed by atoms with E-state index in [0.29, 0.717) is 5.52 Å². The summed E-state index contributed by atoms with van der Waals surface area (Å²) in [6.45, 7) is 2.01. The molecule has 19 heavy (non-hydrogen) atoms. The fourth-order valence-electron chi connectivity index (χ4n) is 2.06. The maximum absolute atomic E-state index is 11.0. The molecule has 0 spiro atoms. The minimum absolute atomic E-state index is 0.0174. The van der Waals surface area contributed by atoms with E-state index in [1.165, 1.54) is 10.8 Å². The van der Waals surface area contributed by atoms with E-state index < -0.39 is 5.97 Å². The summed E-state index contributed by atoms with van der Waals surface area (Å²) in [7, 11) is 0. The van der Waals surface area contributed by atoms with Crippen molar-refractivity contribution in [1.82, 2.24) is 14.6 Å². The van der Waals surface area contributed by atoms with Crippen LogP contribution >= 0.6 is 0 Å². The molecule has 0 fully saturated rings. The van der Waals surface area contributed by atoms with E-state index in [2.05, 4.69) is 10.1 Å². The Morgan fingerprint density at radius 1 is 1.21 bits per heavy atom. The van der Waals surface area contributed by atoms with Crippen molar-refractivity contribution >= 4 is 11.5 Å². The van der Waals surface area contributed by atoms with Crippen LogP contribution in [0, 0.1) is 6.92 Å². The number of aryl methyl sites for hydroxylation is 1. The zero-order valence-electron chi connectivity index (χ0n) is 10.2. The van der Waals surface area contributed by atoms with Gasteiger partial charge in [0, 0.05) is 5.56 Å². The van der Waals surface area contributed by atoms with Crippen LogP contribution in [0.15, 0.2) is 42.7 Å². The van der Waals surface area contributed by atoms with Gasteiger partial charge in [-0.15, -0.1) is 0 Å². The molecule has 0 radical (unpaired) electrons. The summed E-state index contributed by atoms with van der Waals surface area (Å²) in [6.07, 6.45) is 1.42. The fourth-order valence-corrected chi connectivity index (χ4v) is 2.06. The predicted molar refractivity (Wildman–Crippen MR) is 70.1 cm³/mol. The highest BCUT2D eigenvalue weighted by Gasteiger charge is 2.13. The van der Waals surface area contributed by atoms with Gasteiger partial charge >= 0.3 is 5.97 Å². The van der Waals surface area contributed by atoms with E-state index in [0.717, 1.165) is 16.8 Å². The summed E-state index contributed by atoms with van der Waals surface area (Å²) >= 11 is 0. The first-order chi connectivity index (χ1) is 9.16. The molecule has 0 saturated heterocycles. The molecule has 0 bridgehead atoms. The van der Waals surface area contributed by atoms with Gasteiger partial charge in [-0.05, 0) is 24.6 Å². The number of imidazole rings is 1. The first-order valence-electron chi connectivity index (χ1n) is 5.80. The van der Waals surface area contributed by atoms with Crippen molar-refractivity contribution < 1.29 is 9.90 Å². The molecule has 3 rings (SSSR count). The highest BCUT2D eigenvalue weighted by atomic mass is 16.4. The maximum Gasteiger partial charge on any atom is 0.356 e. The summed E-state index contributed by atoms with van der Waals surface area (Å²) in [4.78, 5) is 14.8. The number of carboxylic acid groups (broad SMARTS) is 1. The highest BCUT2D eigenvalue weighted by Crippen LogP contribution is 2.21. The topological polar surface area (TPSA) is 67.5 Å². The molecular formula is C14H11N3O2. The Kier molecular flexibility index (Phi) is 2.52.